The zero-order chi connectivity index (χ0) is 16.9. The highest BCUT2D eigenvalue weighted by Gasteiger charge is 2.04. The number of hydrazone groups is 1. The fraction of sp³-hybridized carbons (Fsp3) is 0. The minimum Gasteiger partial charge on any atom is -0.507 e. The fourth-order valence-corrected chi connectivity index (χ4v) is 2.44. The SMILES string of the molecule is Oc1ccc2ccccc2c1/C=N/NC(=S)Nc1ccc(F)cc1. The molecule has 0 atom stereocenters. The number of rotatable bonds is 3. The molecule has 0 radical (unpaired) electrons. The van der Waals surface area contributed by atoms with Crippen LogP contribution in [-0.2, 0) is 0 Å². The van der Waals surface area contributed by atoms with Crippen LogP contribution in [0.3, 0.4) is 0 Å². The Kier molecular flexibility index (Phi) is 4.67. The number of anilines is 1. The summed E-state index contributed by atoms with van der Waals surface area (Å²) < 4.78 is 12.9. The first kappa shape index (κ1) is 15.9. The molecular weight excluding hydrogens is 325 g/mol. The van der Waals surface area contributed by atoms with Crippen molar-refractivity contribution in [1.29, 1.82) is 0 Å². The summed E-state index contributed by atoms with van der Waals surface area (Å²) in [7, 11) is 0. The number of halogens is 1. The van der Waals surface area contributed by atoms with Gasteiger partial charge >= 0.3 is 0 Å². The van der Waals surface area contributed by atoms with Crippen molar-refractivity contribution in [2.24, 2.45) is 5.10 Å². The summed E-state index contributed by atoms with van der Waals surface area (Å²) in [5.41, 5.74) is 3.92. The average Bonchev–Trinajstić information content (AvgIpc) is 2.59. The summed E-state index contributed by atoms with van der Waals surface area (Å²) in [4.78, 5) is 0. The molecule has 0 aromatic heterocycles. The van der Waals surface area contributed by atoms with Gasteiger partial charge in [0.1, 0.15) is 11.6 Å². The second kappa shape index (κ2) is 7.06. The maximum absolute atomic E-state index is 12.9. The number of benzene rings is 3. The van der Waals surface area contributed by atoms with Crippen LogP contribution in [0.5, 0.6) is 5.75 Å². The van der Waals surface area contributed by atoms with E-state index in [1.807, 2.05) is 30.3 Å². The molecular formula is C18H14FN3OS. The van der Waals surface area contributed by atoms with E-state index in [9.17, 15) is 9.50 Å². The molecule has 3 N–H and O–H groups in total. The van der Waals surface area contributed by atoms with E-state index in [0.29, 0.717) is 11.3 Å². The van der Waals surface area contributed by atoms with E-state index in [2.05, 4.69) is 15.8 Å². The van der Waals surface area contributed by atoms with Crippen LogP contribution in [0.25, 0.3) is 10.8 Å². The minimum absolute atomic E-state index is 0.136. The van der Waals surface area contributed by atoms with Gasteiger partial charge in [-0.3, -0.25) is 5.43 Å². The van der Waals surface area contributed by atoms with E-state index in [4.69, 9.17) is 12.2 Å². The first-order chi connectivity index (χ1) is 11.6. The standard InChI is InChI=1S/C18H14FN3OS/c19-13-6-8-14(9-7-13)21-18(24)22-20-11-16-15-4-2-1-3-12(15)5-10-17(16)23/h1-11,23H,(H2,21,22,24)/b20-11+. The van der Waals surface area contributed by atoms with Crippen molar-refractivity contribution in [3.8, 4) is 5.75 Å². The smallest absolute Gasteiger partial charge is 0.191 e. The van der Waals surface area contributed by atoms with Crippen molar-refractivity contribution in [2.75, 3.05) is 5.32 Å². The second-order valence-corrected chi connectivity index (χ2v) is 5.46. The van der Waals surface area contributed by atoms with E-state index in [1.165, 1.54) is 18.3 Å². The lowest BCUT2D eigenvalue weighted by atomic mass is 10.0. The van der Waals surface area contributed by atoms with Gasteiger partial charge in [-0.25, -0.2) is 4.39 Å². The molecule has 120 valence electrons. The maximum atomic E-state index is 12.9. The largest absolute Gasteiger partial charge is 0.507 e. The van der Waals surface area contributed by atoms with E-state index < -0.39 is 0 Å². The molecule has 4 nitrogen and oxygen atoms in total. The van der Waals surface area contributed by atoms with Gasteiger partial charge in [-0.15, -0.1) is 0 Å². The van der Waals surface area contributed by atoms with Gasteiger partial charge in [0, 0.05) is 11.3 Å². The van der Waals surface area contributed by atoms with E-state index in [0.717, 1.165) is 10.8 Å². The van der Waals surface area contributed by atoms with Gasteiger partial charge < -0.3 is 10.4 Å². The number of hydrogen-bond donors (Lipinski definition) is 3. The van der Waals surface area contributed by atoms with Crippen molar-refractivity contribution < 1.29 is 9.50 Å². The van der Waals surface area contributed by atoms with Crippen molar-refractivity contribution in [1.82, 2.24) is 5.43 Å². The first-order valence-corrected chi connectivity index (χ1v) is 7.60. The van der Waals surface area contributed by atoms with Crippen LogP contribution < -0.4 is 10.7 Å². The Labute approximate surface area is 143 Å². The third-order valence-electron chi connectivity index (χ3n) is 3.41. The molecule has 0 saturated carbocycles. The van der Waals surface area contributed by atoms with Crippen molar-refractivity contribution in [2.45, 2.75) is 0 Å². The molecule has 0 unspecified atom stereocenters. The number of nitrogens with zero attached hydrogens (tertiary/aromatic N) is 1. The highest BCUT2D eigenvalue weighted by atomic mass is 32.1. The number of hydrogen-bond acceptors (Lipinski definition) is 3. The number of phenols is 1. The predicted octanol–water partition coefficient (Wildman–Crippen LogP) is 4.01. The molecule has 0 aliphatic heterocycles. The lowest BCUT2D eigenvalue weighted by Gasteiger charge is -2.07. The van der Waals surface area contributed by atoms with Crippen LogP contribution in [0.1, 0.15) is 5.56 Å². The Hall–Kier alpha value is -2.99. The number of aromatic hydroxyl groups is 1. The molecule has 0 aliphatic rings. The van der Waals surface area contributed by atoms with Crippen molar-refractivity contribution in [3.05, 3.63) is 72.0 Å². The summed E-state index contributed by atoms with van der Waals surface area (Å²) in [6.45, 7) is 0. The van der Waals surface area contributed by atoms with Crippen LogP contribution in [0, 0.1) is 5.82 Å². The zero-order valence-electron chi connectivity index (χ0n) is 12.5. The highest BCUT2D eigenvalue weighted by molar-refractivity contribution is 7.80. The lowest BCUT2D eigenvalue weighted by molar-refractivity contribution is 0.475. The Balaban J connectivity index is 1.71. The summed E-state index contributed by atoms with van der Waals surface area (Å²) >= 11 is 5.12. The van der Waals surface area contributed by atoms with Gasteiger partial charge in [0.2, 0.25) is 0 Å². The summed E-state index contributed by atoms with van der Waals surface area (Å²) in [5.74, 6) is -0.180. The molecule has 0 bridgehead atoms. The molecule has 0 heterocycles. The molecule has 3 aromatic rings. The monoisotopic (exact) mass is 339 g/mol. The van der Waals surface area contributed by atoms with Crippen LogP contribution >= 0.6 is 12.2 Å². The highest BCUT2D eigenvalue weighted by Crippen LogP contribution is 2.25. The Morgan fingerprint density at radius 3 is 2.58 bits per heavy atom. The molecule has 6 heteroatoms. The van der Waals surface area contributed by atoms with Gasteiger partial charge in [-0.05, 0) is 53.3 Å². The minimum atomic E-state index is -0.316. The molecule has 24 heavy (non-hydrogen) atoms. The van der Waals surface area contributed by atoms with E-state index in [1.54, 1.807) is 18.2 Å². The van der Waals surface area contributed by atoms with Crippen LogP contribution in [-0.4, -0.2) is 16.4 Å². The number of thiocarbonyl (C=S) groups is 1. The quantitative estimate of drug-likeness (QED) is 0.383. The molecule has 3 rings (SSSR count). The Bertz CT molecular complexity index is 910. The number of fused-ring (bicyclic) bond motifs is 1. The molecule has 0 fully saturated rings. The van der Waals surface area contributed by atoms with Crippen LogP contribution in [0.2, 0.25) is 0 Å². The van der Waals surface area contributed by atoms with Crippen molar-refractivity contribution in [3.63, 3.8) is 0 Å². The van der Waals surface area contributed by atoms with Gasteiger partial charge in [0.05, 0.1) is 6.21 Å². The van der Waals surface area contributed by atoms with Gasteiger partial charge in [-0.1, -0.05) is 30.3 Å². The average molecular weight is 339 g/mol. The lowest BCUT2D eigenvalue weighted by Crippen LogP contribution is -2.23. The second-order valence-electron chi connectivity index (χ2n) is 5.05. The van der Waals surface area contributed by atoms with E-state index in [-0.39, 0.29) is 16.7 Å². The predicted molar refractivity (Wildman–Crippen MR) is 99.0 cm³/mol. The summed E-state index contributed by atoms with van der Waals surface area (Å²) in [5, 5.41) is 19.1. The fourth-order valence-electron chi connectivity index (χ4n) is 2.27. The molecule has 3 aromatic carbocycles. The number of phenolic OH excluding ortho intramolecular Hbond substituents is 1. The Morgan fingerprint density at radius 1 is 1.04 bits per heavy atom. The summed E-state index contributed by atoms with van der Waals surface area (Å²) in [6, 6.07) is 17.0. The van der Waals surface area contributed by atoms with Crippen molar-refractivity contribution >= 4 is 40.0 Å². The third kappa shape index (κ3) is 3.67. The molecule has 0 aliphatic carbocycles. The van der Waals surface area contributed by atoms with Gasteiger partial charge in [0.25, 0.3) is 0 Å². The Morgan fingerprint density at radius 2 is 1.79 bits per heavy atom. The first-order valence-electron chi connectivity index (χ1n) is 7.20. The van der Waals surface area contributed by atoms with Gasteiger partial charge in [0.15, 0.2) is 5.11 Å². The molecule has 0 amide bonds. The van der Waals surface area contributed by atoms with Crippen LogP contribution in [0.15, 0.2) is 65.8 Å². The van der Waals surface area contributed by atoms with E-state index >= 15 is 0 Å². The number of nitrogens with one attached hydrogen (secondary N) is 2. The zero-order valence-corrected chi connectivity index (χ0v) is 13.3. The van der Waals surface area contributed by atoms with Crippen LogP contribution in [0.4, 0.5) is 10.1 Å². The third-order valence-corrected chi connectivity index (χ3v) is 3.60. The molecule has 0 saturated heterocycles. The normalized spacial score (nSPS) is 10.9. The summed E-state index contributed by atoms with van der Waals surface area (Å²) in [6.07, 6.45) is 1.51. The maximum Gasteiger partial charge on any atom is 0.191 e. The van der Waals surface area contributed by atoms with Gasteiger partial charge in [-0.2, -0.15) is 5.10 Å². The topological polar surface area (TPSA) is 56.7 Å². The molecule has 0 spiro atoms.